The molecule has 2 aromatic rings. The monoisotopic (exact) mass is 230 g/mol. The maximum atomic E-state index is 9.41. The van der Waals surface area contributed by atoms with E-state index in [1.807, 2.05) is 6.07 Å². The Labute approximate surface area is 102 Å². The van der Waals surface area contributed by atoms with E-state index in [4.69, 9.17) is 4.42 Å². The quantitative estimate of drug-likeness (QED) is 0.856. The second-order valence-electron chi connectivity index (χ2n) is 4.57. The molecule has 1 N–H and O–H groups in total. The smallest absolute Gasteiger partial charge is 0.0934 e. The summed E-state index contributed by atoms with van der Waals surface area (Å²) in [5.41, 5.74) is 3.69. The van der Waals surface area contributed by atoms with E-state index in [1.54, 1.807) is 12.5 Å². The first-order valence-electron chi connectivity index (χ1n) is 5.95. The standard InChI is InChI=1S/C15H18O2/c1-12-2-4-13(5-3-12)8-15(10-16)9-14-6-7-17-11-14/h2-7,11,15-16H,8-10H2,1H3. The Morgan fingerprint density at radius 3 is 2.35 bits per heavy atom. The van der Waals surface area contributed by atoms with Gasteiger partial charge in [-0.25, -0.2) is 0 Å². The topological polar surface area (TPSA) is 33.4 Å². The van der Waals surface area contributed by atoms with Gasteiger partial charge in [0.15, 0.2) is 0 Å². The van der Waals surface area contributed by atoms with Gasteiger partial charge in [-0.3, -0.25) is 0 Å². The fourth-order valence-corrected chi connectivity index (χ4v) is 2.00. The first-order valence-corrected chi connectivity index (χ1v) is 5.95. The lowest BCUT2D eigenvalue weighted by atomic mass is 9.94. The normalized spacial score (nSPS) is 12.6. The van der Waals surface area contributed by atoms with Gasteiger partial charge < -0.3 is 9.52 Å². The molecule has 1 atom stereocenters. The number of benzene rings is 1. The van der Waals surface area contributed by atoms with Crippen LogP contribution in [0.2, 0.25) is 0 Å². The van der Waals surface area contributed by atoms with E-state index < -0.39 is 0 Å². The highest BCUT2D eigenvalue weighted by molar-refractivity contribution is 5.22. The van der Waals surface area contributed by atoms with Crippen LogP contribution in [0.1, 0.15) is 16.7 Å². The van der Waals surface area contributed by atoms with Crippen molar-refractivity contribution in [1.29, 1.82) is 0 Å². The summed E-state index contributed by atoms with van der Waals surface area (Å²) < 4.78 is 5.04. The zero-order valence-corrected chi connectivity index (χ0v) is 10.1. The van der Waals surface area contributed by atoms with Crippen LogP contribution >= 0.6 is 0 Å². The minimum Gasteiger partial charge on any atom is -0.472 e. The lowest BCUT2D eigenvalue weighted by molar-refractivity contribution is 0.225. The third kappa shape index (κ3) is 3.46. The van der Waals surface area contributed by atoms with Crippen molar-refractivity contribution >= 4 is 0 Å². The SMILES string of the molecule is Cc1ccc(CC(CO)Cc2ccoc2)cc1. The van der Waals surface area contributed by atoms with E-state index in [0.29, 0.717) is 0 Å². The molecule has 1 aromatic carbocycles. The van der Waals surface area contributed by atoms with Crippen molar-refractivity contribution in [2.24, 2.45) is 5.92 Å². The molecule has 0 fully saturated rings. The average molecular weight is 230 g/mol. The van der Waals surface area contributed by atoms with Gasteiger partial charge in [0.1, 0.15) is 0 Å². The van der Waals surface area contributed by atoms with Crippen molar-refractivity contribution in [3.8, 4) is 0 Å². The Morgan fingerprint density at radius 1 is 1.06 bits per heavy atom. The molecule has 0 amide bonds. The van der Waals surface area contributed by atoms with Gasteiger partial charge in [-0.2, -0.15) is 0 Å². The van der Waals surface area contributed by atoms with Crippen LogP contribution in [0, 0.1) is 12.8 Å². The van der Waals surface area contributed by atoms with Crippen LogP contribution in [0.4, 0.5) is 0 Å². The molecule has 1 unspecified atom stereocenters. The largest absolute Gasteiger partial charge is 0.472 e. The van der Waals surface area contributed by atoms with Crippen molar-refractivity contribution < 1.29 is 9.52 Å². The summed E-state index contributed by atoms with van der Waals surface area (Å²) in [5.74, 6) is 0.260. The van der Waals surface area contributed by atoms with Gasteiger partial charge in [0.25, 0.3) is 0 Å². The molecule has 2 nitrogen and oxygen atoms in total. The lowest BCUT2D eigenvalue weighted by Crippen LogP contribution is -2.12. The van der Waals surface area contributed by atoms with Gasteiger partial charge in [0.05, 0.1) is 12.5 Å². The first-order chi connectivity index (χ1) is 8.28. The van der Waals surface area contributed by atoms with E-state index in [9.17, 15) is 5.11 Å². The van der Waals surface area contributed by atoms with Crippen LogP contribution in [0.3, 0.4) is 0 Å². The number of rotatable bonds is 5. The molecular weight excluding hydrogens is 212 g/mol. The molecule has 0 aliphatic carbocycles. The summed E-state index contributed by atoms with van der Waals surface area (Å²) in [5, 5.41) is 9.41. The molecule has 0 saturated heterocycles. The molecule has 0 spiro atoms. The Kier molecular flexibility index (Phi) is 3.99. The van der Waals surface area contributed by atoms with E-state index in [0.717, 1.165) is 18.4 Å². The van der Waals surface area contributed by atoms with Crippen LogP contribution in [0.15, 0.2) is 47.3 Å². The van der Waals surface area contributed by atoms with Crippen LogP contribution in [-0.4, -0.2) is 11.7 Å². The zero-order chi connectivity index (χ0) is 12.1. The van der Waals surface area contributed by atoms with Crippen LogP contribution in [0.5, 0.6) is 0 Å². The van der Waals surface area contributed by atoms with Crippen LogP contribution < -0.4 is 0 Å². The Balaban J connectivity index is 1.97. The average Bonchev–Trinajstić information content (AvgIpc) is 2.84. The van der Waals surface area contributed by atoms with Crippen molar-refractivity contribution in [3.63, 3.8) is 0 Å². The second-order valence-corrected chi connectivity index (χ2v) is 4.57. The van der Waals surface area contributed by atoms with Gasteiger partial charge in [-0.15, -0.1) is 0 Å². The highest BCUT2D eigenvalue weighted by atomic mass is 16.3. The van der Waals surface area contributed by atoms with Crippen molar-refractivity contribution in [2.45, 2.75) is 19.8 Å². The number of aliphatic hydroxyl groups is 1. The fraction of sp³-hybridized carbons (Fsp3) is 0.333. The van der Waals surface area contributed by atoms with Gasteiger partial charge >= 0.3 is 0 Å². The Bertz CT molecular complexity index is 428. The maximum Gasteiger partial charge on any atom is 0.0934 e. The van der Waals surface area contributed by atoms with Crippen molar-refractivity contribution in [3.05, 3.63) is 59.5 Å². The maximum absolute atomic E-state index is 9.41. The first kappa shape index (κ1) is 11.9. The van der Waals surface area contributed by atoms with E-state index >= 15 is 0 Å². The van der Waals surface area contributed by atoms with Gasteiger partial charge in [-0.1, -0.05) is 29.8 Å². The molecule has 2 heteroatoms. The van der Waals surface area contributed by atoms with Crippen LogP contribution in [0.25, 0.3) is 0 Å². The van der Waals surface area contributed by atoms with E-state index in [-0.39, 0.29) is 12.5 Å². The molecule has 1 aromatic heterocycles. The predicted molar refractivity (Wildman–Crippen MR) is 67.9 cm³/mol. The van der Waals surface area contributed by atoms with E-state index in [2.05, 4.69) is 31.2 Å². The van der Waals surface area contributed by atoms with Crippen molar-refractivity contribution in [1.82, 2.24) is 0 Å². The predicted octanol–water partition coefficient (Wildman–Crippen LogP) is 2.98. The summed E-state index contributed by atoms with van der Waals surface area (Å²) in [4.78, 5) is 0. The molecule has 2 rings (SSSR count). The molecule has 17 heavy (non-hydrogen) atoms. The fourth-order valence-electron chi connectivity index (χ4n) is 2.00. The number of hydrogen-bond acceptors (Lipinski definition) is 2. The summed E-state index contributed by atoms with van der Waals surface area (Å²) in [6.07, 6.45) is 5.19. The zero-order valence-electron chi connectivity index (χ0n) is 10.1. The Hall–Kier alpha value is -1.54. The third-order valence-corrected chi connectivity index (χ3v) is 3.01. The number of hydrogen-bond donors (Lipinski definition) is 1. The summed E-state index contributed by atoms with van der Waals surface area (Å²) >= 11 is 0. The minimum atomic E-state index is 0.207. The molecule has 90 valence electrons. The summed E-state index contributed by atoms with van der Waals surface area (Å²) in [6.45, 7) is 2.29. The summed E-state index contributed by atoms with van der Waals surface area (Å²) in [7, 11) is 0. The molecule has 0 aliphatic rings. The minimum absolute atomic E-state index is 0.207. The van der Waals surface area contributed by atoms with Crippen molar-refractivity contribution in [2.75, 3.05) is 6.61 Å². The lowest BCUT2D eigenvalue weighted by Gasteiger charge is -2.13. The van der Waals surface area contributed by atoms with Gasteiger partial charge in [0, 0.05) is 6.61 Å². The molecule has 0 bridgehead atoms. The number of furan rings is 1. The molecule has 0 saturated carbocycles. The van der Waals surface area contributed by atoms with Crippen LogP contribution in [-0.2, 0) is 12.8 Å². The number of aliphatic hydroxyl groups excluding tert-OH is 1. The number of aryl methyl sites for hydroxylation is 1. The Morgan fingerprint density at radius 2 is 1.76 bits per heavy atom. The third-order valence-electron chi connectivity index (χ3n) is 3.01. The van der Waals surface area contributed by atoms with Gasteiger partial charge in [-0.05, 0) is 42.9 Å². The summed E-state index contributed by atoms with van der Waals surface area (Å²) in [6, 6.07) is 10.4. The molecular formula is C15H18O2. The molecule has 0 aliphatic heterocycles. The highest BCUT2D eigenvalue weighted by Crippen LogP contribution is 2.15. The molecule has 0 radical (unpaired) electrons. The van der Waals surface area contributed by atoms with Gasteiger partial charge in [0.2, 0.25) is 0 Å². The highest BCUT2D eigenvalue weighted by Gasteiger charge is 2.10. The molecule has 1 heterocycles. The second kappa shape index (κ2) is 5.69. The van der Waals surface area contributed by atoms with E-state index in [1.165, 1.54) is 11.1 Å².